The molecule has 3 nitrogen and oxygen atoms in total. The quantitative estimate of drug-likeness (QED) is 0.846. The van der Waals surface area contributed by atoms with E-state index >= 15 is 0 Å². The Balaban J connectivity index is 2.11. The van der Waals surface area contributed by atoms with Crippen molar-refractivity contribution in [2.75, 3.05) is 7.11 Å². The Morgan fingerprint density at radius 3 is 2.70 bits per heavy atom. The van der Waals surface area contributed by atoms with Crippen LogP contribution in [-0.4, -0.2) is 7.11 Å². The molecule has 0 saturated carbocycles. The van der Waals surface area contributed by atoms with E-state index in [1.165, 1.54) is 13.2 Å². The predicted octanol–water partition coefficient (Wildman–Crippen LogP) is 4.05. The lowest BCUT2D eigenvalue weighted by Gasteiger charge is -2.08. The highest BCUT2D eigenvalue weighted by atomic mass is 79.9. The summed E-state index contributed by atoms with van der Waals surface area (Å²) in [6.07, 6.45) is 0. The summed E-state index contributed by atoms with van der Waals surface area (Å²) in [5, 5.41) is 9.00. The molecule has 0 N–H and O–H groups in total. The minimum atomic E-state index is -0.380. The molecule has 0 atom stereocenters. The van der Waals surface area contributed by atoms with E-state index in [9.17, 15) is 4.39 Å². The van der Waals surface area contributed by atoms with Crippen molar-refractivity contribution in [3.05, 3.63) is 57.8 Å². The fourth-order valence-corrected chi connectivity index (χ4v) is 1.91. The summed E-state index contributed by atoms with van der Waals surface area (Å²) in [5.74, 6) is 0.570. The second kappa shape index (κ2) is 6.40. The van der Waals surface area contributed by atoms with Gasteiger partial charge in [-0.15, -0.1) is 0 Å². The lowest BCUT2D eigenvalue weighted by Crippen LogP contribution is -1.97. The van der Waals surface area contributed by atoms with Crippen LogP contribution in [0.3, 0.4) is 0 Å². The SMILES string of the molecule is COc1ccc(COc2ccc(Br)c(F)c2)cc1C#N. The summed E-state index contributed by atoms with van der Waals surface area (Å²) in [7, 11) is 1.51. The lowest BCUT2D eigenvalue weighted by atomic mass is 10.1. The molecule has 2 rings (SSSR count). The van der Waals surface area contributed by atoms with Gasteiger partial charge in [0.1, 0.15) is 30.0 Å². The summed E-state index contributed by atoms with van der Waals surface area (Å²) in [6, 6.07) is 11.8. The van der Waals surface area contributed by atoms with Crippen molar-refractivity contribution in [2.24, 2.45) is 0 Å². The Morgan fingerprint density at radius 2 is 2.05 bits per heavy atom. The highest BCUT2D eigenvalue weighted by molar-refractivity contribution is 9.10. The van der Waals surface area contributed by atoms with Crippen LogP contribution in [-0.2, 0) is 6.61 Å². The first-order valence-electron chi connectivity index (χ1n) is 5.79. The number of rotatable bonds is 4. The molecule has 0 bridgehead atoms. The van der Waals surface area contributed by atoms with Gasteiger partial charge >= 0.3 is 0 Å². The van der Waals surface area contributed by atoms with Crippen LogP contribution in [0.5, 0.6) is 11.5 Å². The van der Waals surface area contributed by atoms with Gasteiger partial charge in [-0.25, -0.2) is 4.39 Å². The van der Waals surface area contributed by atoms with Crippen LogP contribution in [0.1, 0.15) is 11.1 Å². The Morgan fingerprint density at radius 1 is 1.25 bits per heavy atom. The van der Waals surface area contributed by atoms with E-state index in [4.69, 9.17) is 14.7 Å². The van der Waals surface area contributed by atoms with Crippen LogP contribution in [0.15, 0.2) is 40.9 Å². The normalized spacial score (nSPS) is 9.90. The minimum absolute atomic E-state index is 0.250. The van der Waals surface area contributed by atoms with Crippen molar-refractivity contribution in [1.82, 2.24) is 0 Å². The van der Waals surface area contributed by atoms with Gasteiger partial charge in [0.25, 0.3) is 0 Å². The van der Waals surface area contributed by atoms with E-state index < -0.39 is 0 Å². The molecule has 0 spiro atoms. The molecular formula is C15H11BrFNO2. The molecule has 0 radical (unpaired) electrons. The maximum Gasteiger partial charge on any atom is 0.141 e. The second-order valence-corrected chi connectivity index (χ2v) is 4.87. The molecule has 2 aromatic rings. The highest BCUT2D eigenvalue weighted by Crippen LogP contribution is 2.23. The molecule has 0 fully saturated rings. The van der Waals surface area contributed by atoms with Gasteiger partial charge in [0.2, 0.25) is 0 Å². The van der Waals surface area contributed by atoms with E-state index in [0.29, 0.717) is 21.5 Å². The van der Waals surface area contributed by atoms with Gasteiger partial charge in [0, 0.05) is 6.07 Å². The third-order valence-corrected chi connectivity index (χ3v) is 3.32. The van der Waals surface area contributed by atoms with Gasteiger partial charge in [-0.2, -0.15) is 5.26 Å². The molecule has 0 unspecified atom stereocenters. The Bertz CT molecular complexity index is 667. The van der Waals surface area contributed by atoms with Crippen molar-refractivity contribution in [2.45, 2.75) is 6.61 Å². The number of benzene rings is 2. The number of methoxy groups -OCH3 is 1. The van der Waals surface area contributed by atoms with Crippen molar-refractivity contribution in [3.8, 4) is 17.6 Å². The first-order valence-corrected chi connectivity index (χ1v) is 6.58. The second-order valence-electron chi connectivity index (χ2n) is 4.01. The zero-order valence-electron chi connectivity index (χ0n) is 10.7. The number of ether oxygens (including phenoxy) is 2. The van der Waals surface area contributed by atoms with Crippen molar-refractivity contribution < 1.29 is 13.9 Å². The van der Waals surface area contributed by atoms with Crippen LogP contribution >= 0.6 is 15.9 Å². The first kappa shape index (κ1) is 14.4. The largest absolute Gasteiger partial charge is 0.495 e. The minimum Gasteiger partial charge on any atom is -0.495 e. The van der Waals surface area contributed by atoms with Crippen LogP contribution < -0.4 is 9.47 Å². The Kier molecular flexibility index (Phi) is 4.59. The van der Waals surface area contributed by atoms with Gasteiger partial charge in [0.15, 0.2) is 0 Å². The predicted molar refractivity (Wildman–Crippen MR) is 76.1 cm³/mol. The smallest absolute Gasteiger partial charge is 0.141 e. The van der Waals surface area contributed by atoms with Crippen molar-refractivity contribution in [3.63, 3.8) is 0 Å². The molecule has 0 saturated heterocycles. The van der Waals surface area contributed by atoms with E-state index in [-0.39, 0.29) is 12.4 Å². The molecule has 0 aliphatic rings. The summed E-state index contributed by atoms with van der Waals surface area (Å²) < 4.78 is 24.3. The molecule has 20 heavy (non-hydrogen) atoms. The van der Waals surface area contributed by atoms with E-state index in [1.54, 1.807) is 30.3 Å². The molecule has 0 aliphatic carbocycles. The zero-order chi connectivity index (χ0) is 14.5. The molecule has 0 aromatic heterocycles. The summed E-state index contributed by atoms with van der Waals surface area (Å²) in [4.78, 5) is 0. The van der Waals surface area contributed by atoms with Crippen LogP contribution in [0.2, 0.25) is 0 Å². The zero-order valence-corrected chi connectivity index (χ0v) is 12.3. The number of hydrogen-bond donors (Lipinski definition) is 0. The van der Waals surface area contributed by atoms with Gasteiger partial charge in [-0.1, -0.05) is 6.07 Å². The average Bonchev–Trinajstić information content (AvgIpc) is 2.48. The molecule has 0 amide bonds. The third kappa shape index (κ3) is 3.28. The Hall–Kier alpha value is -2.06. The summed E-state index contributed by atoms with van der Waals surface area (Å²) in [5.41, 5.74) is 1.25. The van der Waals surface area contributed by atoms with Crippen molar-refractivity contribution in [1.29, 1.82) is 5.26 Å². The van der Waals surface area contributed by atoms with Gasteiger partial charge in [0.05, 0.1) is 17.1 Å². The third-order valence-electron chi connectivity index (χ3n) is 2.68. The standard InChI is InChI=1S/C15H11BrFNO2/c1-19-15-5-2-10(6-11(15)8-18)9-20-12-3-4-13(16)14(17)7-12/h2-7H,9H2,1H3. The first-order chi connectivity index (χ1) is 9.63. The van der Waals surface area contributed by atoms with Gasteiger partial charge < -0.3 is 9.47 Å². The molecule has 5 heteroatoms. The number of nitriles is 1. The van der Waals surface area contributed by atoms with Crippen LogP contribution in [0.4, 0.5) is 4.39 Å². The highest BCUT2D eigenvalue weighted by Gasteiger charge is 2.05. The number of halogens is 2. The number of hydrogen-bond acceptors (Lipinski definition) is 3. The lowest BCUT2D eigenvalue weighted by molar-refractivity contribution is 0.304. The molecule has 0 aliphatic heterocycles. The average molecular weight is 336 g/mol. The fraction of sp³-hybridized carbons (Fsp3) is 0.133. The summed E-state index contributed by atoms with van der Waals surface area (Å²) in [6.45, 7) is 0.250. The van der Waals surface area contributed by atoms with E-state index in [2.05, 4.69) is 22.0 Å². The van der Waals surface area contributed by atoms with E-state index in [0.717, 1.165) is 5.56 Å². The summed E-state index contributed by atoms with van der Waals surface area (Å²) >= 11 is 3.08. The van der Waals surface area contributed by atoms with Crippen LogP contribution in [0.25, 0.3) is 0 Å². The number of nitrogens with zero attached hydrogens (tertiary/aromatic N) is 1. The fourth-order valence-electron chi connectivity index (χ4n) is 1.67. The topological polar surface area (TPSA) is 42.2 Å². The van der Waals surface area contributed by atoms with Gasteiger partial charge in [-0.05, 0) is 45.8 Å². The monoisotopic (exact) mass is 335 g/mol. The van der Waals surface area contributed by atoms with E-state index in [1.807, 2.05) is 0 Å². The maximum absolute atomic E-state index is 13.3. The van der Waals surface area contributed by atoms with Gasteiger partial charge in [-0.3, -0.25) is 0 Å². The maximum atomic E-state index is 13.3. The molecular weight excluding hydrogens is 325 g/mol. The van der Waals surface area contributed by atoms with Crippen molar-refractivity contribution >= 4 is 15.9 Å². The molecule has 0 heterocycles. The van der Waals surface area contributed by atoms with Crippen LogP contribution in [0, 0.1) is 17.1 Å². The molecule has 102 valence electrons. The Labute approximate surface area is 124 Å². The molecule has 2 aromatic carbocycles.